The lowest BCUT2D eigenvalue weighted by molar-refractivity contribution is 0.0942. The van der Waals surface area contributed by atoms with E-state index in [2.05, 4.69) is 0 Å². The lowest BCUT2D eigenvalue weighted by Crippen LogP contribution is -2.16. The SMILES string of the molecule is O=C(c1cc(F)c(F)cc1F)C1COc2ccccc21. The molecular weight excluding hydrogens is 269 g/mol. The first-order valence-electron chi connectivity index (χ1n) is 5.98. The number of halogens is 3. The molecule has 0 amide bonds. The largest absolute Gasteiger partial charge is 0.492 e. The molecule has 0 spiro atoms. The van der Waals surface area contributed by atoms with Crippen molar-refractivity contribution in [3.05, 3.63) is 65.0 Å². The van der Waals surface area contributed by atoms with Gasteiger partial charge in [0.25, 0.3) is 0 Å². The van der Waals surface area contributed by atoms with Crippen molar-refractivity contribution in [1.82, 2.24) is 0 Å². The van der Waals surface area contributed by atoms with Gasteiger partial charge in [-0.15, -0.1) is 0 Å². The van der Waals surface area contributed by atoms with Gasteiger partial charge >= 0.3 is 0 Å². The van der Waals surface area contributed by atoms with Gasteiger partial charge in [-0.3, -0.25) is 4.79 Å². The standard InChI is InChI=1S/C15H9F3O2/c16-11-6-13(18)12(17)5-9(11)15(19)10-7-20-14-4-2-1-3-8(10)14/h1-6,10H,7H2. The second kappa shape index (κ2) is 4.67. The van der Waals surface area contributed by atoms with Crippen molar-refractivity contribution < 1.29 is 22.7 Å². The van der Waals surface area contributed by atoms with E-state index < -0.39 is 34.7 Å². The normalized spacial score (nSPS) is 16.6. The Labute approximate surface area is 112 Å². The summed E-state index contributed by atoms with van der Waals surface area (Å²) >= 11 is 0. The van der Waals surface area contributed by atoms with E-state index >= 15 is 0 Å². The van der Waals surface area contributed by atoms with Crippen LogP contribution in [-0.4, -0.2) is 12.4 Å². The fourth-order valence-electron chi connectivity index (χ4n) is 2.28. The molecule has 1 aliphatic heterocycles. The third-order valence-electron chi connectivity index (χ3n) is 3.29. The molecule has 0 saturated heterocycles. The molecule has 0 bridgehead atoms. The molecule has 0 N–H and O–H groups in total. The molecule has 102 valence electrons. The van der Waals surface area contributed by atoms with Crippen LogP contribution in [0.25, 0.3) is 0 Å². The van der Waals surface area contributed by atoms with Crippen LogP contribution in [0.15, 0.2) is 36.4 Å². The van der Waals surface area contributed by atoms with E-state index in [-0.39, 0.29) is 6.61 Å². The van der Waals surface area contributed by atoms with Gasteiger partial charge in [0.05, 0.1) is 11.5 Å². The summed E-state index contributed by atoms with van der Waals surface area (Å²) in [5.74, 6) is -4.41. The van der Waals surface area contributed by atoms with Crippen molar-refractivity contribution in [3.63, 3.8) is 0 Å². The highest BCUT2D eigenvalue weighted by Crippen LogP contribution is 2.36. The number of carbonyl (C=O) groups excluding carboxylic acids is 1. The molecule has 3 rings (SSSR count). The average Bonchev–Trinajstić information content (AvgIpc) is 2.86. The Morgan fingerprint density at radius 1 is 1.05 bits per heavy atom. The van der Waals surface area contributed by atoms with E-state index in [9.17, 15) is 18.0 Å². The first-order valence-corrected chi connectivity index (χ1v) is 5.98. The minimum atomic E-state index is -1.32. The molecule has 2 aromatic carbocycles. The van der Waals surface area contributed by atoms with Gasteiger partial charge < -0.3 is 4.74 Å². The van der Waals surface area contributed by atoms with Crippen molar-refractivity contribution in [1.29, 1.82) is 0 Å². The maximum Gasteiger partial charge on any atom is 0.176 e. The number of hydrogen-bond donors (Lipinski definition) is 0. The number of ether oxygens (including phenoxy) is 1. The van der Waals surface area contributed by atoms with E-state index in [4.69, 9.17) is 4.74 Å². The Balaban J connectivity index is 2.01. The number of hydrogen-bond acceptors (Lipinski definition) is 2. The number of para-hydroxylation sites is 1. The smallest absolute Gasteiger partial charge is 0.176 e. The van der Waals surface area contributed by atoms with Crippen LogP contribution in [0.5, 0.6) is 5.75 Å². The molecule has 0 saturated carbocycles. The van der Waals surface area contributed by atoms with Crippen LogP contribution in [0.3, 0.4) is 0 Å². The predicted molar refractivity (Wildman–Crippen MR) is 65.3 cm³/mol. The summed E-state index contributed by atoms with van der Waals surface area (Å²) in [5.41, 5.74) is 0.163. The molecule has 1 unspecified atom stereocenters. The Kier molecular flexibility index (Phi) is 2.97. The lowest BCUT2D eigenvalue weighted by Gasteiger charge is -2.09. The third-order valence-corrected chi connectivity index (χ3v) is 3.29. The van der Waals surface area contributed by atoms with Crippen LogP contribution in [0.1, 0.15) is 21.8 Å². The Hall–Kier alpha value is -2.30. The van der Waals surface area contributed by atoms with Crippen molar-refractivity contribution in [2.24, 2.45) is 0 Å². The fourth-order valence-corrected chi connectivity index (χ4v) is 2.28. The second-order valence-electron chi connectivity index (χ2n) is 4.51. The van der Waals surface area contributed by atoms with Crippen molar-refractivity contribution in [2.45, 2.75) is 5.92 Å². The summed E-state index contributed by atoms with van der Waals surface area (Å²) in [7, 11) is 0. The highest BCUT2D eigenvalue weighted by atomic mass is 19.2. The van der Waals surface area contributed by atoms with Crippen LogP contribution in [0.4, 0.5) is 13.2 Å². The summed E-state index contributed by atoms with van der Waals surface area (Å²) < 4.78 is 45.0. The summed E-state index contributed by atoms with van der Waals surface area (Å²) in [6.45, 7) is 0.0661. The number of fused-ring (bicyclic) bond motifs is 1. The van der Waals surface area contributed by atoms with E-state index in [0.717, 1.165) is 0 Å². The molecule has 5 heteroatoms. The van der Waals surface area contributed by atoms with Crippen LogP contribution in [0.2, 0.25) is 0 Å². The Morgan fingerprint density at radius 3 is 2.55 bits per heavy atom. The number of ketones is 1. The highest BCUT2D eigenvalue weighted by molar-refractivity contribution is 6.02. The highest BCUT2D eigenvalue weighted by Gasteiger charge is 2.32. The van der Waals surface area contributed by atoms with Gasteiger partial charge in [-0.05, 0) is 12.1 Å². The maximum atomic E-state index is 13.6. The van der Waals surface area contributed by atoms with Crippen LogP contribution >= 0.6 is 0 Å². The molecular formula is C15H9F3O2. The molecule has 0 aliphatic carbocycles. The molecule has 2 nitrogen and oxygen atoms in total. The first kappa shape index (κ1) is 12.7. The number of Topliss-reactive ketones (excluding diaryl/α,β-unsaturated/α-hetero) is 1. The number of carbonyl (C=O) groups is 1. The van der Waals surface area contributed by atoms with E-state index in [1.54, 1.807) is 24.3 Å². The summed E-state index contributed by atoms with van der Waals surface area (Å²) in [6.07, 6.45) is 0. The molecule has 0 aromatic heterocycles. The molecule has 1 aliphatic rings. The fraction of sp³-hybridized carbons (Fsp3) is 0.133. The topological polar surface area (TPSA) is 26.3 Å². The Bertz CT molecular complexity index is 698. The first-order chi connectivity index (χ1) is 9.58. The zero-order chi connectivity index (χ0) is 14.3. The van der Waals surface area contributed by atoms with Crippen molar-refractivity contribution >= 4 is 5.78 Å². The molecule has 0 radical (unpaired) electrons. The van der Waals surface area contributed by atoms with E-state index in [1.165, 1.54) is 0 Å². The van der Waals surface area contributed by atoms with Gasteiger partial charge in [0.15, 0.2) is 17.4 Å². The van der Waals surface area contributed by atoms with Gasteiger partial charge in [-0.2, -0.15) is 0 Å². The van der Waals surface area contributed by atoms with Crippen molar-refractivity contribution in [2.75, 3.05) is 6.61 Å². The van der Waals surface area contributed by atoms with Gasteiger partial charge in [0, 0.05) is 11.6 Å². The van der Waals surface area contributed by atoms with Gasteiger partial charge in [-0.25, -0.2) is 13.2 Å². The monoisotopic (exact) mass is 278 g/mol. The second-order valence-corrected chi connectivity index (χ2v) is 4.51. The molecule has 1 atom stereocenters. The predicted octanol–water partition coefficient (Wildman–Crippen LogP) is 3.46. The minimum Gasteiger partial charge on any atom is -0.492 e. The van der Waals surface area contributed by atoms with E-state index in [1.807, 2.05) is 0 Å². The van der Waals surface area contributed by atoms with Crippen LogP contribution in [0, 0.1) is 17.5 Å². The minimum absolute atomic E-state index is 0.0661. The molecule has 2 aromatic rings. The molecule has 1 heterocycles. The maximum absolute atomic E-state index is 13.6. The molecule has 0 fully saturated rings. The summed E-state index contributed by atoms with van der Waals surface area (Å²) in [4.78, 5) is 12.3. The van der Waals surface area contributed by atoms with Gasteiger partial charge in [0.1, 0.15) is 18.2 Å². The zero-order valence-electron chi connectivity index (χ0n) is 10.2. The van der Waals surface area contributed by atoms with E-state index in [0.29, 0.717) is 23.4 Å². The summed E-state index contributed by atoms with van der Waals surface area (Å²) in [5, 5.41) is 0. The number of rotatable bonds is 2. The molecule has 20 heavy (non-hydrogen) atoms. The van der Waals surface area contributed by atoms with Crippen LogP contribution in [-0.2, 0) is 0 Å². The lowest BCUT2D eigenvalue weighted by atomic mass is 9.92. The summed E-state index contributed by atoms with van der Waals surface area (Å²) in [6, 6.07) is 7.85. The number of benzene rings is 2. The van der Waals surface area contributed by atoms with Gasteiger partial charge in [-0.1, -0.05) is 18.2 Å². The third kappa shape index (κ3) is 1.95. The van der Waals surface area contributed by atoms with Crippen LogP contribution < -0.4 is 4.74 Å². The zero-order valence-corrected chi connectivity index (χ0v) is 10.2. The Morgan fingerprint density at radius 2 is 1.75 bits per heavy atom. The quantitative estimate of drug-likeness (QED) is 0.621. The van der Waals surface area contributed by atoms with Gasteiger partial charge in [0.2, 0.25) is 0 Å². The van der Waals surface area contributed by atoms with Crippen molar-refractivity contribution in [3.8, 4) is 5.75 Å². The average molecular weight is 278 g/mol.